The average Bonchev–Trinajstić information content (AvgIpc) is 1.86. The molecule has 56 valence electrons. The van der Waals surface area contributed by atoms with E-state index in [-0.39, 0.29) is 0 Å². The van der Waals surface area contributed by atoms with Crippen LogP contribution in [0.4, 0.5) is 0 Å². The standard InChI is InChI=1S/C9H14O/c1-6-4-7-2-3-8(6)9(10)5-7/h6-8H,2-5H2,1H3/t6-,7+,8-/m0/s1. The van der Waals surface area contributed by atoms with Gasteiger partial charge in [0.2, 0.25) is 0 Å². The van der Waals surface area contributed by atoms with Crippen LogP contribution >= 0.6 is 0 Å². The van der Waals surface area contributed by atoms with Crippen LogP contribution in [0.25, 0.3) is 0 Å². The molecule has 3 rings (SSSR count). The van der Waals surface area contributed by atoms with Gasteiger partial charge in [0.25, 0.3) is 0 Å². The Hall–Kier alpha value is -0.330. The van der Waals surface area contributed by atoms with Crippen molar-refractivity contribution in [2.24, 2.45) is 17.8 Å². The maximum absolute atomic E-state index is 11.3. The highest BCUT2D eigenvalue weighted by atomic mass is 16.1. The molecule has 0 heterocycles. The first-order valence-electron chi connectivity index (χ1n) is 4.30. The molecule has 1 nitrogen and oxygen atoms in total. The van der Waals surface area contributed by atoms with Crippen molar-refractivity contribution in [3.63, 3.8) is 0 Å². The van der Waals surface area contributed by atoms with Crippen LogP contribution in [-0.4, -0.2) is 5.78 Å². The Kier molecular flexibility index (Phi) is 1.33. The Morgan fingerprint density at radius 3 is 2.60 bits per heavy atom. The summed E-state index contributed by atoms with van der Waals surface area (Å²) >= 11 is 0. The van der Waals surface area contributed by atoms with Gasteiger partial charge in [-0.1, -0.05) is 6.92 Å². The van der Waals surface area contributed by atoms with Crippen LogP contribution in [0.5, 0.6) is 0 Å². The van der Waals surface area contributed by atoms with Crippen LogP contribution in [0.2, 0.25) is 0 Å². The van der Waals surface area contributed by atoms with Gasteiger partial charge in [-0.05, 0) is 31.1 Å². The Balaban J connectivity index is 2.18. The summed E-state index contributed by atoms with van der Waals surface area (Å²) in [7, 11) is 0. The van der Waals surface area contributed by atoms with E-state index in [2.05, 4.69) is 6.92 Å². The summed E-state index contributed by atoms with van der Waals surface area (Å²) in [6, 6.07) is 0. The summed E-state index contributed by atoms with van der Waals surface area (Å²) in [5.41, 5.74) is 0. The van der Waals surface area contributed by atoms with E-state index >= 15 is 0 Å². The molecule has 3 fully saturated rings. The number of carbonyl (C=O) groups excluding carboxylic acids is 1. The van der Waals surface area contributed by atoms with E-state index in [1.165, 1.54) is 19.3 Å². The lowest BCUT2D eigenvalue weighted by Crippen LogP contribution is -2.37. The van der Waals surface area contributed by atoms with Gasteiger partial charge < -0.3 is 0 Å². The molecule has 0 aromatic carbocycles. The quantitative estimate of drug-likeness (QED) is 0.500. The van der Waals surface area contributed by atoms with Crippen molar-refractivity contribution in [1.82, 2.24) is 0 Å². The van der Waals surface area contributed by atoms with Gasteiger partial charge >= 0.3 is 0 Å². The molecule has 0 spiro atoms. The summed E-state index contributed by atoms with van der Waals surface area (Å²) in [6.45, 7) is 2.23. The highest BCUT2D eigenvalue weighted by molar-refractivity contribution is 5.83. The lowest BCUT2D eigenvalue weighted by molar-refractivity contribution is -0.131. The molecule has 0 radical (unpaired) electrons. The molecule has 2 bridgehead atoms. The number of rotatable bonds is 0. The predicted molar refractivity (Wildman–Crippen MR) is 39.6 cm³/mol. The number of carbonyl (C=O) groups is 1. The second-order valence-corrected chi connectivity index (χ2v) is 3.93. The van der Waals surface area contributed by atoms with Crippen LogP contribution in [0.1, 0.15) is 32.6 Å². The molecule has 10 heavy (non-hydrogen) atoms. The topological polar surface area (TPSA) is 17.1 Å². The number of ketones is 1. The maximum Gasteiger partial charge on any atom is 0.136 e. The molecule has 0 aromatic rings. The van der Waals surface area contributed by atoms with Gasteiger partial charge in [-0.25, -0.2) is 0 Å². The van der Waals surface area contributed by atoms with Crippen LogP contribution in [0.3, 0.4) is 0 Å². The minimum absolute atomic E-state index is 0.449. The normalized spacial score (nSPS) is 46.1. The van der Waals surface area contributed by atoms with Gasteiger partial charge in [0.15, 0.2) is 0 Å². The van der Waals surface area contributed by atoms with E-state index in [0.717, 1.165) is 12.3 Å². The molecule has 0 N–H and O–H groups in total. The van der Waals surface area contributed by atoms with Crippen molar-refractivity contribution in [3.05, 3.63) is 0 Å². The number of hydrogen-bond donors (Lipinski definition) is 0. The highest BCUT2D eigenvalue weighted by Gasteiger charge is 2.38. The summed E-state index contributed by atoms with van der Waals surface area (Å²) in [4.78, 5) is 11.3. The average molecular weight is 138 g/mol. The predicted octanol–water partition coefficient (Wildman–Crippen LogP) is 2.01. The molecule has 0 aliphatic heterocycles. The lowest BCUT2D eigenvalue weighted by Gasteiger charge is -2.39. The van der Waals surface area contributed by atoms with Gasteiger partial charge in [0, 0.05) is 12.3 Å². The second-order valence-electron chi connectivity index (χ2n) is 3.93. The molecule has 3 aliphatic carbocycles. The van der Waals surface area contributed by atoms with E-state index in [4.69, 9.17) is 0 Å². The molecular weight excluding hydrogens is 124 g/mol. The first-order valence-corrected chi connectivity index (χ1v) is 4.30. The zero-order valence-electron chi connectivity index (χ0n) is 6.47. The van der Waals surface area contributed by atoms with Crippen molar-refractivity contribution in [2.75, 3.05) is 0 Å². The molecule has 0 saturated heterocycles. The molecule has 3 atom stereocenters. The molecule has 3 aliphatic rings. The smallest absolute Gasteiger partial charge is 0.136 e. The first kappa shape index (κ1) is 6.38. The van der Waals surface area contributed by atoms with E-state index in [1.807, 2.05) is 0 Å². The largest absolute Gasteiger partial charge is 0.299 e. The molecule has 0 amide bonds. The van der Waals surface area contributed by atoms with E-state index in [1.54, 1.807) is 0 Å². The zero-order chi connectivity index (χ0) is 7.14. The van der Waals surface area contributed by atoms with Crippen molar-refractivity contribution >= 4 is 5.78 Å². The van der Waals surface area contributed by atoms with E-state index in [0.29, 0.717) is 17.6 Å². The third kappa shape index (κ3) is 0.799. The van der Waals surface area contributed by atoms with Gasteiger partial charge in [-0.15, -0.1) is 0 Å². The van der Waals surface area contributed by atoms with Crippen molar-refractivity contribution in [2.45, 2.75) is 32.6 Å². The highest BCUT2D eigenvalue weighted by Crippen LogP contribution is 2.42. The minimum atomic E-state index is 0.449. The molecule has 1 heteroatoms. The Morgan fingerprint density at radius 2 is 2.20 bits per heavy atom. The van der Waals surface area contributed by atoms with Crippen LogP contribution in [-0.2, 0) is 4.79 Å². The van der Waals surface area contributed by atoms with Gasteiger partial charge in [-0.2, -0.15) is 0 Å². The SMILES string of the molecule is C[C@H]1C[C@H]2CC[C@@H]1C(=O)C2. The van der Waals surface area contributed by atoms with E-state index < -0.39 is 0 Å². The van der Waals surface area contributed by atoms with Crippen LogP contribution < -0.4 is 0 Å². The number of fused-ring (bicyclic) bond motifs is 3. The molecule has 0 unspecified atom stereocenters. The maximum atomic E-state index is 11.3. The van der Waals surface area contributed by atoms with E-state index in [9.17, 15) is 4.79 Å². The van der Waals surface area contributed by atoms with Crippen molar-refractivity contribution < 1.29 is 4.79 Å². The fourth-order valence-electron chi connectivity index (χ4n) is 2.61. The lowest BCUT2D eigenvalue weighted by atomic mass is 9.65. The minimum Gasteiger partial charge on any atom is -0.299 e. The molecular formula is C9H14O. The number of Topliss-reactive ketones (excluding diaryl/α,β-unsaturated/α-hetero) is 1. The monoisotopic (exact) mass is 138 g/mol. The van der Waals surface area contributed by atoms with Crippen LogP contribution in [0.15, 0.2) is 0 Å². The first-order chi connectivity index (χ1) is 4.77. The fraction of sp³-hybridized carbons (Fsp3) is 0.889. The van der Waals surface area contributed by atoms with Gasteiger partial charge in [0.05, 0.1) is 0 Å². The Labute approximate surface area is 61.8 Å². The zero-order valence-corrected chi connectivity index (χ0v) is 6.47. The number of hydrogen-bond acceptors (Lipinski definition) is 1. The molecule has 3 saturated carbocycles. The Bertz CT molecular complexity index is 162. The Morgan fingerprint density at radius 1 is 1.40 bits per heavy atom. The summed E-state index contributed by atoms with van der Waals surface area (Å²) in [6.07, 6.45) is 4.72. The summed E-state index contributed by atoms with van der Waals surface area (Å²) in [5.74, 6) is 2.45. The molecule has 0 aromatic heterocycles. The second kappa shape index (κ2) is 2.08. The van der Waals surface area contributed by atoms with Gasteiger partial charge in [-0.3, -0.25) is 4.79 Å². The van der Waals surface area contributed by atoms with Gasteiger partial charge in [0.1, 0.15) is 5.78 Å². The fourth-order valence-corrected chi connectivity index (χ4v) is 2.61. The summed E-state index contributed by atoms with van der Waals surface area (Å²) < 4.78 is 0. The van der Waals surface area contributed by atoms with Crippen molar-refractivity contribution in [3.8, 4) is 0 Å². The van der Waals surface area contributed by atoms with Crippen LogP contribution in [0, 0.1) is 17.8 Å². The van der Waals surface area contributed by atoms with Crippen molar-refractivity contribution in [1.29, 1.82) is 0 Å². The third-order valence-corrected chi connectivity index (χ3v) is 3.18. The third-order valence-electron chi connectivity index (χ3n) is 3.18. The summed E-state index contributed by atoms with van der Waals surface area (Å²) in [5, 5.41) is 0.